The van der Waals surface area contributed by atoms with Crippen molar-refractivity contribution in [2.75, 3.05) is 19.6 Å². The number of likely N-dealkylation sites (tertiary alicyclic amines) is 2. The van der Waals surface area contributed by atoms with Crippen LogP contribution in [0.5, 0.6) is 0 Å². The molecular formula is C20H34N2O. The molecular weight excluding hydrogens is 284 g/mol. The Morgan fingerprint density at radius 1 is 0.826 bits per heavy atom. The van der Waals surface area contributed by atoms with Gasteiger partial charge in [-0.05, 0) is 63.8 Å². The Labute approximate surface area is 141 Å². The van der Waals surface area contributed by atoms with Crippen molar-refractivity contribution < 1.29 is 4.79 Å². The van der Waals surface area contributed by atoms with E-state index in [4.69, 9.17) is 0 Å². The monoisotopic (exact) mass is 318 g/mol. The Morgan fingerprint density at radius 3 is 2.35 bits per heavy atom. The lowest BCUT2D eigenvalue weighted by Gasteiger charge is -2.45. The maximum Gasteiger partial charge on any atom is 0.243 e. The molecule has 3 nitrogen and oxygen atoms in total. The third kappa shape index (κ3) is 2.94. The SMILES string of the molecule is O=C1N(C2CCCCC2)CCC12CCCCN2CC1CCCC1. The van der Waals surface area contributed by atoms with E-state index in [1.165, 1.54) is 83.7 Å². The predicted molar refractivity (Wildman–Crippen MR) is 93.3 cm³/mol. The van der Waals surface area contributed by atoms with E-state index in [1.807, 2.05) is 0 Å². The van der Waals surface area contributed by atoms with Crippen molar-refractivity contribution in [3.05, 3.63) is 0 Å². The van der Waals surface area contributed by atoms with Crippen molar-refractivity contribution in [3.63, 3.8) is 0 Å². The molecule has 2 saturated carbocycles. The van der Waals surface area contributed by atoms with Crippen LogP contribution in [0.2, 0.25) is 0 Å². The molecule has 130 valence electrons. The van der Waals surface area contributed by atoms with Crippen molar-refractivity contribution in [2.24, 2.45) is 5.92 Å². The minimum Gasteiger partial charge on any atom is -0.338 e. The smallest absolute Gasteiger partial charge is 0.243 e. The molecule has 0 aromatic carbocycles. The Kier molecular flexibility index (Phi) is 4.67. The largest absolute Gasteiger partial charge is 0.338 e. The maximum atomic E-state index is 13.5. The van der Waals surface area contributed by atoms with Crippen molar-refractivity contribution in [2.45, 2.75) is 95.1 Å². The van der Waals surface area contributed by atoms with Gasteiger partial charge in [-0.1, -0.05) is 32.1 Å². The summed E-state index contributed by atoms with van der Waals surface area (Å²) in [6, 6.07) is 0.561. The summed E-state index contributed by atoms with van der Waals surface area (Å²) in [5.74, 6) is 1.38. The molecule has 2 heterocycles. The van der Waals surface area contributed by atoms with Gasteiger partial charge in [0.15, 0.2) is 0 Å². The molecule has 0 aromatic heterocycles. The summed E-state index contributed by atoms with van der Waals surface area (Å²) < 4.78 is 0. The summed E-state index contributed by atoms with van der Waals surface area (Å²) in [5, 5.41) is 0. The standard InChI is InChI=1S/C20H34N2O/c23-19-20(13-15-22(19)18-10-2-1-3-11-18)12-6-7-14-21(20)16-17-8-4-5-9-17/h17-18H,1-16H2. The Hall–Kier alpha value is -0.570. The lowest BCUT2D eigenvalue weighted by atomic mass is 9.84. The van der Waals surface area contributed by atoms with Crippen molar-refractivity contribution in [3.8, 4) is 0 Å². The first kappa shape index (κ1) is 15.9. The first-order chi connectivity index (χ1) is 11.3. The number of piperidine rings is 1. The molecule has 1 spiro atoms. The fraction of sp³-hybridized carbons (Fsp3) is 0.950. The zero-order valence-corrected chi connectivity index (χ0v) is 14.8. The molecule has 0 bridgehead atoms. The van der Waals surface area contributed by atoms with Crippen LogP contribution in [0.4, 0.5) is 0 Å². The molecule has 23 heavy (non-hydrogen) atoms. The fourth-order valence-corrected chi connectivity index (χ4v) is 5.91. The third-order valence-electron chi connectivity index (χ3n) is 7.27. The van der Waals surface area contributed by atoms with Crippen LogP contribution < -0.4 is 0 Å². The summed E-state index contributed by atoms with van der Waals surface area (Å²) in [5.41, 5.74) is -0.0989. The number of hydrogen-bond donors (Lipinski definition) is 0. The summed E-state index contributed by atoms with van der Waals surface area (Å²) in [6.07, 6.45) is 16.9. The summed E-state index contributed by atoms with van der Waals surface area (Å²) in [6.45, 7) is 3.40. The van der Waals surface area contributed by atoms with Gasteiger partial charge in [-0.2, -0.15) is 0 Å². The van der Waals surface area contributed by atoms with Gasteiger partial charge in [-0.15, -0.1) is 0 Å². The Balaban J connectivity index is 1.48. The molecule has 4 fully saturated rings. The summed E-state index contributed by atoms with van der Waals surface area (Å²) >= 11 is 0. The molecule has 2 aliphatic carbocycles. The van der Waals surface area contributed by atoms with Crippen LogP contribution in [0, 0.1) is 5.92 Å². The second-order valence-corrected chi connectivity index (χ2v) is 8.63. The molecule has 1 amide bonds. The van der Waals surface area contributed by atoms with Crippen molar-refractivity contribution in [1.82, 2.24) is 9.80 Å². The van der Waals surface area contributed by atoms with E-state index < -0.39 is 0 Å². The van der Waals surface area contributed by atoms with Crippen LogP contribution in [-0.2, 0) is 4.79 Å². The molecule has 4 rings (SSSR count). The third-order valence-corrected chi connectivity index (χ3v) is 7.27. The highest BCUT2D eigenvalue weighted by atomic mass is 16.2. The topological polar surface area (TPSA) is 23.6 Å². The van der Waals surface area contributed by atoms with Crippen molar-refractivity contribution >= 4 is 5.91 Å². The molecule has 3 heteroatoms. The van der Waals surface area contributed by atoms with Gasteiger partial charge in [0.25, 0.3) is 0 Å². The number of nitrogens with zero attached hydrogens (tertiary/aromatic N) is 2. The predicted octanol–water partition coefficient (Wildman–Crippen LogP) is 3.97. The quantitative estimate of drug-likeness (QED) is 0.786. The number of hydrogen-bond acceptors (Lipinski definition) is 2. The van der Waals surface area contributed by atoms with E-state index in [0.717, 1.165) is 25.3 Å². The van der Waals surface area contributed by atoms with Crippen LogP contribution in [0.25, 0.3) is 0 Å². The van der Waals surface area contributed by atoms with Crippen LogP contribution in [0.1, 0.15) is 83.5 Å². The van der Waals surface area contributed by atoms with Gasteiger partial charge in [-0.25, -0.2) is 0 Å². The van der Waals surface area contributed by atoms with Crippen LogP contribution in [-0.4, -0.2) is 46.9 Å². The highest BCUT2D eigenvalue weighted by Crippen LogP contribution is 2.41. The number of rotatable bonds is 3. The van der Waals surface area contributed by atoms with E-state index in [0.29, 0.717) is 11.9 Å². The lowest BCUT2D eigenvalue weighted by molar-refractivity contribution is -0.143. The number of amides is 1. The number of carbonyl (C=O) groups is 1. The first-order valence-electron chi connectivity index (χ1n) is 10.4. The maximum absolute atomic E-state index is 13.5. The molecule has 1 unspecified atom stereocenters. The fourth-order valence-electron chi connectivity index (χ4n) is 5.91. The molecule has 0 N–H and O–H groups in total. The molecule has 0 aromatic rings. The van der Waals surface area contributed by atoms with E-state index in [-0.39, 0.29) is 5.54 Å². The van der Waals surface area contributed by atoms with Crippen molar-refractivity contribution in [1.29, 1.82) is 0 Å². The first-order valence-corrected chi connectivity index (χ1v) is 10.4. The zero-order valence-electron chi connectivity index (χ0n) is 14.8. The average Bonchev–Trinajstić information content (AvgIpc) is 3.20. The van der Waals surface area contributed by atoms with Gasteiger partial charge in [-0.3, -0.25) is 9.69 Å². The molecule has 1 atom stereocenters. The van der Waals surface area contributed by atoms with Gasteiger partial charge in [0, 0.05) is 19.1 Å². The summed E-state index contributed by atoms with van der Waals surface area (Å²) in [4.78, 5) is 18.4. The molecule has 4 aliphatic rings. The molecule has 0 radical (unpaired) electrons. The summed E-state index contributed by atoms with van der Waals surface area (Å²) in [7, 11) is 0. The minimum absolute atomic E-state index is 0.0989. The second kappa shape index (κ2) is 6.74. The van der Waals surface area contributed by atoms with Crippen LogP contribution in [0.3, 0.4) is 0 Å². The second-order valence-electron chi connectivity index (χ2n) is 8.63. The van der Waals surface area contributed by atoms with E-state index >= 15 is 0 Å². The van der Waals surface area contributed by atoms with Gasteiger partial charge in [0.05, 0.1) is 0 Å². The lowest BCUT2D eigenvalue weighted by Crippen LogP contribution is -2.58. The van der Waals surface area contributed by atoms with Crippen LogP contribution in [0.15, 0.2) is 0 Å². The van der Waals surface area contributed by atoms with E-state index in [9.17, 15) is 4.79 Å². The molecule has 2 saturated heterocycles. The molecule has 2 aliphatic heterocycles. The average molecular weight is 319 g/mol. The van der Waals surface area contributed by atoms with Gasteiger partial charge >= 0.3 is 0 Å². The van der Waals surface area contributed by atoms with E-state index in [1.54, 1.807) is 0 Å². The van der Waals surface area contributed by atoms with Gasteiger partial charge < -0.3 is 4.90 Å². The zero-order chi connectivity index (χ0) is 15.7. The van der Waals surface area contributed by atoms with Gasteiger partial charge in [0.1, 0.15) is 5.54 Å². The highest BCUT2D eigenvalue weighted by Gasteiger charge is 2.53. The van der Waals surface area contributed by atoms with Gasteiger partial charge in [0.2, 0.25) is 5.91 Å². The normalized spacial score (nSPS) is 34.8. The Bertz CT molecular complexity index is 425. The Morgan fingerprint density at radius 2 is 1.57 bits per heavy atom. The van der Waals surface area contributed by atoms with E-state index in [2.05, 4.69) is 9.80 Å². The van der Waals surface area contributed by atoms with Crippen LogP contribution >= 0.6 is 0 Å². The number of carbonyl (C=O) groups excluding carboxylic acids is 1. The highest BCUT2D eigenvalue weighted by molar-refractivity contribution is 5.89. The minimum atomic E-state index is -0.0989.